The second kappa shape index (κ2) is 7.55. The van der Waals surface area contributed by atoms with E-state index in [9.17, 15) is 15.0 Å². The molecule has 0 aliphatic heterocycles. The Kier molecular flexibility index (Phi) is 4.77. The van der Waals surface area contributed by atoms with E-state index >= 15 is 0 Å². The van der Waals surface area contributed by atoms with Gasteiger partial charge in [0.2, 0.25) is 0 Å². The zero-order chi connectivity index (χ0) is 21.3. The molecule has 150 valence electrons. The van der Waals surface area contributed by atoms with Crippen molar-refractivity contribution < 1.29 is 15.0 Å². The summed E-state index contributed by atoms with van der Waals surface area (Å²) < 4.78 is 1.32. The average Bonchev–Trinajstić information content (AvgIpc) is 3.01. The molecule has 0 spiro atoms. The number of nitrogens with zero attached hydrogens (tertiary/aromatic N) is 4. The first-order valence-corrected chi connectivity index (χ1v) is 9.01. The molecule has 0 fully saturated rings. The molecule has 0 radical (unpaired) electrons. The third-order valence-electron chi connectivity index (χ3n) is 4.43. The van der Waals surface area contributed by atoms with Gasteiger partial charge < -0.3 is 21.3 Å². The number of para-hydroxylation sites is 2. The first-order valence-electron chi connectivity index (χ1n) is 9.01. The van der Waals surface area contributed by atoms with E-state index < -0.39 is 5.91 Å². The molecule has 1 amide bonds. The maximum absolute atomic E-state index is 12.7. The fourth-order valence-electron chi connectivity index (χ4n) is 2.99. The highest BCUT2D eigenvalue weighted by Gasteiger charge is 2.23. The quantitative estimate of drug-likeness (QED) is 0.230. The molecule has 9 heteroatoms. The summed E-state index contributed by atoms with van der Waals surface area (Å²) in [7, 11) is 0. The standard InChI is InChI=1S/C21H18N6O3/c1-2-9-23-21(30)17-18-20(26-14-6-4-3-5-13(14)25-18)27(19(17)22)24-11-12-7-8-15(28)16(29)10-12/h2-8,10-11,28-29H,1,9,22H2,(H,23,30)/b24-11-. The molecule has 4 rings (SSSR count). The Morgan fingerprint density at radius 2 is 1.90 bits per heavy atom. The number of carbonyl (C=O) groups is 1. The number of phenolic OH excluding ortho intramolecular Hbond substituents is 2. The Morgan fingerprint density at radius 3 is 2.60 bits per heavy atom. The number of amides is 1. The van der Waals surface area contributed by atoms with Crippen molar-refractivity contribution in [1.82, 2.24) is 20.0 Å². The molecule has 9 nitrogen and oxygen atoms in total. The molecular formula is C21H18N6O3. The van der Waals surface area contributed by atoms with Gasteiger partial charge in [-0.2, -0.15) is 9.78 Å². The molecule has 4 aromatic rings. The van der Waals surface area contributed by atoms with Crippen LogP contribution < -0.4 is 11.1 Å². The first-order chi connectivity index (χ1) is 14.5. The summed E-state index contributed by atoms with van der Waals surface area (Å²) in [6.07, 6.45) is 2.99. The van der Waals surface area contributed by atoms with Gasteiger partial charge in [-0.25, -0.2) is 9.97 Å². The molecule has 0 atom stereocenters. The molecular weight excluding hydrogens is 384 g/mol. The molecule has 0 saturated heterocycles. The Bertz CT molecular complexity index is 1330. The van der Waals surface area contributed by atoms with Crippen molar-refractivity contribution in [3.05, 3.63) is 66.2 Å². The van der Waals surface area contributed by atoms with Gasteiger partial charge in [0, 0.05) is 6.54 Å². The van der Waals surface area contributed by atoms with E-state index in [0.717, 1.165) is 0 Å². The number of phenols is 2. The van der Waals surface area contributed by atoms with Crippen LogP contribution in [0.4, 0.5) is 5.82 Å². The number of anilines is 1. The van der Waals surface area contributed by atoms with Gasteiger partial charge >= 0.3 is 0 Å². The number of carbonyl (C=O) groups excluding carboxylic acids is 1. The van der Waals surface area contributed by atoms with E-state index in [2.05, 4.69) is 27.0 Å². The predicted molar refractivity (Wildman–Crippen MR) is 115 cm³/mol. The number of aromatic nitrogens is 3. The zero-order valence-electron chi connectivity index (χ0n) is 15.8. The van der Waals surface area contributed by atoms with Gasteiger partial charge in [0.15, 0.2) is 17.1 Å². The van der Waals surface area contributed by atoms with Crippen LogP contribution in [0.1, 0.15) is 15.9 Å². The number of benzene rings is 2. The first kappa shape index (κ1) is 18.9. The molecule has 0 saturated carbocycles. The van der Waals surface area contributed by atoms with Gasteiger partial charge in [0.05, 0.1) is 17.2 Å². The minimum Gasteiger partial charge on any atom is -0.504 e. The van der Waals surface area contributed by atoms with Crippen LogP contribution in [0.15, 0.2) is 60.2 Å². The van der Waals surface area contributed by atoms with Gasteiger partial charge in [-0.05, 0) is 35.9 Å². The lowest BCUT2D eigenvalue weighted by molar-refractivity contribution is 0.0960. The van der Waals surface area contributed by atoms with Crippen LogP contribution in [-0.4, -0.2) is 43.5 Å². The number of aromatic hydroxyl groups is 2. The Hall–Kier alpha value is -4.40. The van der Waals surface area contributed by atoms with Crippen molar-refractivity contribution in [2.24, 2.45) is 5.10 Å². The highest BCUT2D eigenvalue weighted by atomic mass is 16.3. The van der Waals surface area contributed by atoms with Gasteiger partial charge in [-0.1, -0.05) is 18.2 Å². The minimum atomic E-state index is -0.418. The Balaban J connectivity index is 1.91. The van der Waals surface area contributed by atoms with Crippen molar-refractivity contribution in [3.63, 3.8) is 0 Å². The van der Waals surface area contributed by atoms with E-state index in [1.807, 2.05) is 12.1 Å². The summed E-state index contributed by atoms with van der Waals surface area (Å²) in [4.78, 5) is 21.9. The summed E-state index contributed by atoms with van der Waals surface area (Å²) in [5.74, 6) is -0.865. The summed E-state index contributed by atoms with van der Waals surface area (Å²) in [6, 6.07) is 11.5. The second-order valence-electron chi connectivity index (χ2n) is 6.45. The number of nitrogens with two attached hydrogens (primary N) is 1. The molecule has 2 heterocycles. The van der Waals surface area contributed by atoms with Crippen LogP contribution in [-0.2, 0) is 0 Å². The molecule has 0 unspecified atom stereocenters. The SMILES string of the molecule is C=CCNC(=O)c1c(N)n(/N=C\c2ccc(O)c(O)c2)c2nc3ccccc3nc12. The largest absolute Gasteiger partial charge is 0.504 e. The molecule has 2 aromatic heterocycles. The van der Waals surface area contributed by atoms with E-state index in [-0.39, 0.29) is 29.4 Å². The lowest BCUT2D eigenvalue weighted by Gasteiger charge is -2.03. The molecule has 0 aliphatic carbocycles. The molecule has 30 heavy (non-hydrogen) atoms. The number of nitrogens with one attached hydrogen (secondary N) is 1. The predicted octanol–water partition coefficient (Wildman–Crippen LogP) is 2.38. The normalized spacial score (nSPS) is 11.3. The molecule has 2 aromatic carbocycles. The monoisotopic (exact) mass is 402 g/mol. The fourth-order valence-corrected chi connectivity index (χ4v) is 2.99. The third kappa shape index (κ3) is 3.28. The van der Waals surface area contributed by atoms with Crippen LogP contribution >= 0.6 is 0 Å². The summed E-state index contributed by atoms with van der Waals surface area (Å²) in [5, 5.41) is 26.2. The van der Waals surface area contributed by atoms with E-state index in [0.29, 0.717) is 27.8 Å². The van der Waals surface area contributed by atoms with Crippen molar-refractivity contribution >= 4 is 40.1 Å². The molecule has 0 bridgehead atoms. The topological polar surface area (TPSA) is 139 Å². The van der Waals surface area contributed by atoms with Gasteiger partial charge in [0.25, 0.3) is 5.91 Å². The lowest BCUT2D eigenvalue weighted by atomic mass is 10.2. The van der Waals surface area contributed by atoms with Crippen molar-refractivity contribution in [3.8, 4) is 11.5 Å². The van der Waals surface area contributed by atoms with Crippen LogP contribution in [0, 0.1) is 0 Å². The van der Waals surface area contributed by atoms with Crippen LogP contribution in [0.5, 0.6) is 11.5 Å². The highest BCUT2D eigenvalue weighted by molar-refractivity contribution is 6.10. The maximum Gasteiger partial charge on any atom is 0.257 e. The summed E-state index contributed by atoms with van der Waals surface area (Å²) >= 11 is 0. The van der Waals surface area contributed by atoms with Gasteiger partial charge in [0.1, 0.15) is 16.9 Å². The summed E-state index contributed by atoms with van der Waals surface area (Å²) in [5.41, 5.74) is 8.81. The average molecular weight is 402 g/mol. The number of hydrogen-bond donors (Lipinski definition) is 4. The zero-order valence-corrected chi connectivity index (χ0v) is 15.8. The third-order valence-corrected chi connectivity index (χ3v) is 4.43. The van der Waals surface area contributed by atoms with Crippen LogP contribution in [0.2, 0.25) is 0 Å². The van der Waals surface area contributed by atoms with E-state index in [1.54, 1.807) is 24.3 Å². The second-order valence-corrected chi connectivity index (χ2v) is 6.45. The molecule has 5 N–H and O–H groups in total. The number of fused-ring (bicyclic) bond motifs is 2. The van der Waals surface area contributed by atoms with Gasteiger partial charge in [-0.15, -0.1) is 6.58 Å². The number of nitrogen functional groups attached to an aromatic ring is 1. The Morgan fingerprint density at radius 1 is 1.17 bits per heavy atom. The van der Waals surface area contributed by atoms with Gasteiger partial charge in [-0.3, -0.25) is 4.79 Å². The highest BCUT2D eigenvalue weighted by Crippen LogP contribution is 2.28. The summed E-state index contributed by atoms with van der Waals surface area (Å²) in [6.45, 7) is 3.86. The minimum absolute atomic E-state index is 0.0705. The fraction of sp³-hybridized carbons (Fsp3) is 0.0476. The molecule has 0 aliphatic rings. The van der Waals surface area contributed by atoms with E-state index in [4.69, 9.17) is 5.73 Å². The van der Waals surface area contributed by atoms with Crippen molar-refractivity contribution in [2.75, 3.05) is 12.3 Å². The number of rotatable bonds is 5. The van der Waals surface area contributed by atoms with E-state index in [1.165, 1.54) is 23.0 Å². The smallest absolute Gasteiger partial charge is 0.257 e. The van der Waals surface area contributed by atoms with Crippen LogP contribution in [0.3, 0.4) is 0 Å². The van der Waals surface area contributed by atoms with Crippen molar-refractivity contribution in [1.29, 1.82) is 0 Å². The maximum atomic E-state index is 12.7. The van der Waals surface area contributed by atoms with Crippen molar-refractivity contribution in [2.45, 2.75) is 0 Å². The lowest BCUT2D eigenvalue weighted by Crippen LogP contribution is -2.24. The van der Waals surface area contributed by atoms with Crippen LogP contribution in [0.25, 0.3) is 22.2 Å². The Labute approximate surface area is 170 Å². The number of hydrogen-bond acceptors (Lipinski definition) is 7.